The number of Topliss-reactive ketones (excluding diaryl/α,β-unsaturated/α-hetero) is 1. The van der Waals surface area contributed by atoms with Gasteiger partial charge in [0.2, 0.25) is 5.91 Å². The van der Waals surface area contributed by atoms with Gasteiger partial charge >= 0.3 is 0 Å². The monoisotopic (exact) mass is 393 g/mol. The highest BCUT2D eigenvalue weighted by molar-refractivity contribution is 5.97. The molecule has 1 heterocycles. The minimum atomic E-state index is -0.125. The molecule has 1 fully saturated rings. The molecule has 0 spiro atoms. The first-order valence-electron chi connectivity index (χ1n) is 9.83. The van der Waals surface area contributed by atoms with Crippen LogP contribution >= 0.6 is 0 Å². The van der Waals surface area contributed by atoms with Gasteiger partial charge in [0.05, 0.1) is 6.54 Å². The number of rotatable bonds is 5. The number of amides is 2. The van der Waals surface area contributed by atoms with Gasteiger partial charge in [-0.05, 0) is 56.2 Å². The fourth-order valence-electron chi connectivity index (χ4n) is 3.39. The van der Waals surface area contributed by atoms with E-state index in [4.69, 9.17) is 0 Å². The van der Waals surface area contributed by atoms with E-state index in [1.54, 1.807) is 24.3 Å². The molecule has 0 atom stereocenters. The van der Waals surface area contributed by atoms with Crippen molar-refractivity contribution in [1.29, 1.82) is 0 Å². The Balaban J connectivity index is 1.51. The zero-order chi connectivity index (χ0) is 21.0. The highest BCUT2D eigenvalue weighted by atomic mass is 16.2. The summed E-state index contributed by atoms with van der Waals surface area (Å²) in [6.45, 7) is 8.29. The lowest BCUT2D eigenvalue weighted by atomic mass is 10.1. The number of aryl methyl sites for hydroxylation is 2. The van der Waals surface area contributed by atoms with Crippen LogP contribution in [0, 0.1) is 13.8 Å². The summed E-state index contributed by atoms with van der Waals surface area (Å²) in [6, 6.07) is 12.7. The lowest BCUT2D eigenvalue weighted by Crippen LogP contribution is -2.50. The standard InChI is InChI=1S/C23H27N3O3/c1-16-7-8-20(13-17(16)2)23(29)26-11-9-25(10-12-26)15-22(28)24-21-6-4-5-19(14-21)18(3)27/h4-8,13-14H,9-12,15H2,1-3H3,(H,24,28). The van der Waals surface area contributed by atoms with Crippen LogP contribution in [-0.4, -0.2) is 60.1 Å². The van der Waals surface area contributed by atoms with E-state index in [2.05, 4.69) is 5.32 Å². The molecule has 1 aliphatic heterocycles. The number of ketones is 1. The van der Waals surface area contributed by atoms with E-state index in [0.717, 1.165) is 5.56 Å². The molecule has 0 aromatic heterocycles. The Bertz CT molecular complexity index is 931. The largest absolute Gasteiger partial charge is 0.336 e. The van der Waals surface area contributed by atoms with Crippen molar-refractivity contribution in [3.63, 3.8) is 0 Å². The lowest BCUT2D eigenvalue weighted by Gasteiger charge is -2.34. The molecule has 0 unspecified atom stereocenters. The van der Waals surface area contributed by atoms with Gasteiger partial charge in [0, 0.05) is 43.0 Å². The van der Waals surface area contributed by atoms with Crippen LogP contribution in [0.4, 0.5) is 5.69 Å². The molecule has 2 amide bonds. The van der Waals surface area contributed by atoms with Gasteiger partial charge in [-0.1, -0.05) is 18.2 Å². The molecular weight excluding hydrogens is 366 g/mol. The second kappa shape index (κ2) is 9.01. The van der Waals surface area contributed by atoms with Crippen LogP contribution in [-0.2, 0) is 4.79 Å². The van der Waals surface area contributed by atoms with E-state index in [-0.39, 0.29) is 24.1 Å². The summed E-state index contributed by atoms with van der Waals surface area (Å²) in [5, 5.41) is 2.84. The quantitative estimate of drug-likeness (QED) is 0.793. The summed E-state index contributed by atoms with van der Waals surface area (Å²) in [7, 11) is 0. The molecule has 6 nitrogen and oxygen atoms in total. The Labute approximate surface area is 171 Å². The maximum atomic E-state index is 12.7. The van der Waals surface area contributed by atoms with Crippen molar-refractivity contribution in [2.45, 2.75) is 20.8 Å². The summed E-state index contributed by atoms with van der Waals surface area (Å²) in [5.41, 5.74) is 4.18. The maximum absolute atomic E-state index is 12.7. The second-order valence-electron chi connectivity index (χ2n) is 7.55. The average Bonchev–Trinajstić information content (AvgIpc) is 2.70. The van der Waals surface area contributed by atoms with Gasteiger partial charge in [0.1, 0.15) is 0 Å². The third-order valence-corrected chi connectivity index (χ3v) is 5.33. The minimum absolute atomic E-state index is 0.0364. The molecule has 6 heteroatoms. The van der Waals surface area contributed by atoms with Gasteiger partial charge in [0.15, 0.2) is 5.78 Å². The molecule has 1 N–H and O–H groups in total. The van der Waals surface area contributed by atoms with E-state index in [1.165, 1.54) is 12.5 Å². The maximum Gasteiger partial charge on any atom is 0.253 e. The van der Waals surface area contributed by atoms with Crippen molar-refractivity contribution in [2.75, 3.05) is 38.0 Å². The molecule has 0 radical (unpaired) electrons. The van der Waals surface area contributed by atoms with Crippen molar-refractivity contribution in [3.8, 4) is 0 Å². The second-order valence-corrected chi connectivity index (χ2v) is 7.55. The lowest BCUT2D eigenvalue weighted by molar-refractivity contribution is -0.117. The van der Waals surface area contributed by atoms with Gasteiger partial charge in [0.25, 0.3) is 5.91 Å². The van der Waals surface area contributed by atoms with Crippen LogP contribution < -0.4 is 5.32 Å². The number of carbonyl (C=O) groups is 3. The molecule has 3 rings (SSSR count). The normalized spacial score (nSPS) is 14.5. The highest BCUT2D eigenvalue weighted by Gasteiger charge is 2.23. The van der Waals surface area contributed by atoms with Gasteiger partial charge in [-0.15, -0.1) is 0 Å². The first kappa shape index (κ1) is 20.7. The van der Waals surface area contributed by atoms with Gasteiger partial charge in [-0.2, -0.15) is 0 Å². The molecule has 0 bridgehead atoms. The molecule has 0 aliphatic carbocycles. The molecule has 2 aromatic rings. The first-order chi connectivity index (χ1) is 13.8. The fourth-order valence-corrected chi connectivity index (χ4v) is 3.39. The van der Waals surface area contributed by atoms with Crippen molar-refractivity contribution < 1.29 is 14.4 Å². The van der Waals surface area contributed by atoms with Crippen molar-refractivity contribution >= 4 is 23.3 Å². The number of piperazine rings is 1. The number of nitrogens with zero attached hydrogens (tertiary/aromatic N) is 2. The summed E-state index contributed by atoms with van der Waals surface area (Å²) >= 11 is 0. The number of hydrogen-bond acceptors (Lipinski definition) is 4. The summed E-state index contributed by atoms with van der Waals surface area (Å²) in [5.74, 6) is -0.122. The van der Waals surface area contributed by atoms with E-state index in [1.807, 2.05) is 41.8 Å². The minimum Gasteiger partial charge on any atom is -0.336 e. The predicted octanol–water partition coefficient (Wildman–Crippen LogP) is 2.90. The molecule has 0 saturated carbocycles. The van der Waals surface area contributed by atoms with Crippen LogP contribution in [0.1, 0.15) is 38.8 Å². The predicted molar refractivity (Wildman–Crippen MR) is 113 cm³/mol. The van der Waals surface area contributed by atoms with Gasteiger partial charge in [-0.3, -0.25) is 19.3 Å². The molecule has 2 aromatic carbocycles. The summed E-state index contributed by atoms with van der Waals surface area (Å²) < 4.78 is 0. The van der Waals surface area contributed by atoms with Crippen LogP contribution in [0.5, 0.6) is 0 Å². The molecule has 1 aliphatic rings. The number of anilines is 1. The van der Waals surface area contributed by atoms with Gasteiger partial charge in [-0.25, -0.2) is 0 Å². The molecule has 1 saturated heterocycles. The number of benzene rings is 2. The van der Waals surface area contributed by atoms with Crippen molar-refractivity contribution in [1.82, 2.24) is 9.80 Å². The van der Waals surface area contributed by atoms with Crippen LogP contribution in [0.25, 0.3) is 0 Å². The van der Waals surface area contributed by atoms with Crippen molar-refractivity contribution in [2.24, 2.45) is 0 Å². The Hall–Kier alpha value is -2.99. The van der Waals surface area contributed by atoms with Crippen molar-refractivity contribution in [3.05, 3.63) is 64.7 Å². The zero-order valence-electron chi connectivity index (χ0n) is 17.2. The number of carbonyl (C=O) groups excluding carboxylic acids is 3. The van der Waals surface area contributed by atoms with E-state index < -0.39 is 0 Å². The third-order valence-electron chi connectivity index (χ3n) is 5.33. The molecular formula is C23H27N3O3. The number of hydrogen-bond donors (Lipinski definition) is 1. The number of nitrogens with one attached hydrogen (secondary N) is 1. The third kappa shape index (κ3) is 5.29. The fraction of sp³-hybridized carbons (Fsp3) is 0.348. The summed E-state index contributed by atoms with van der Waals surface area (Å²) in [6.07, 6.45) is 0. The van der Waals surface area contributed by atoms with E-state index in [0.29, 0.717) is 43.0 Å². The Morgan fingerprint density at radius 1 is 0.897 bits per heavy atom. The van der Waals surface area contributed by atoms with Crippen LogP contribution in [0.15, 0.2) is 42.5 Å². The topological polar surface area (TPSA) is 69.7 Å². The summed E-state index contributed by atoms with van der Waals surface area (Å²) in [4.78, 5) is 40.4. The Kier molecular flexibility index (Phi) is 6.44. The first-order valence-corrected chi connectivity index (χ1v) is 9.83. The van der Waals surface area contributed by atoms with Crippen LogP contribution in [0.2, 0.25) is 0 Å². The van der Waals surface area contributed by atoms with Crippen LogP contribution in [0.3, 0.4) is 0 Å². The van der Waals surface area contributed by atoms with E-state index in [9.17, 15) is 14.4 Å². The molecule has 152 valence electrons. The Morgan fingerprint density at radius 2 is 1.62 bits per heavy atom. The Morgan fingerprint density at radius 3 is 2.28 bits per heavy atom. The zero-order valence-corrected chi connectivity index (χ0v) is 17.2. The smallest absolute Gasteiger partial charge is 0.253 e. The molecule has 29 heavy (non-hydrogen) atoms. The van der Waals surface area contributed by atoms with E-state index >= 15 is 0 Å². The SMILES string of the molecule is CC(=O)c1cccc(NC(=O)CN2CCN(C(=O)c3ccc(C)c(C)c3)CC2)c1. The van der Waals surface area contributed by atoms with Gasteiger partial charge < -0.3 is 10.2 Å². The average molecular weight is 393 g/mol. The highest BCUT2D eigenvalue weighted by Crippen LogP contribution is 2.14.